The summed E-state index contributed by atoms with van der Waals surface area (Å²) in [5, 5.41) is 3.45. The lowest BCUT2D eigenvalue weighted by Gasteiger charge is -2.30. The third kappa shape index (κ3) is 3.30. The van der Waals surface area contributed by atoms with Gasteiger partial charge in [-0.25, -0.2) is 0 Å². The average Bonchev–Trinajstić information content (AvgIpc) is 2.46. The summed E-state index contributed by atoms with van der Waals surface area (Å²) in [5.74, 6) is 2.98. The van der Waals surface area contributed by atoms with Gasteiger partial charge in [-0.1, -0.05) is 32.9 Å². The molecule has 1 N–H and O–H groups in total. The van der Waals surface area contributed by atoms with E-state index in [4.69, 9.17) is 4.74 Å². The Balaban J connectivity index is 2.27. The maximum Gasteiger partial charge on any atom is 0.122 e. The Bertz CT molecular complexity index is 408. The van der Waals surface area contributed by atoms with Crippen molar-refractivity contribution in [3.63, 3.8) is 0 Å². The van der Waals surface area contributed by atoms with Crippen LogP contribution in [0.25, 0.3) is 0 Å². The number of nitrogens with one attached hydrogen (secondary N) is 1. The van der Waals surface area contributed by atoms with Crippen LogP contribution in [0.3, 0.4) is 0 Å². The standard InChI is InChI=1S/C17H27NO/c1-12(2)15-5-6-17(19-4)16(11-15)13(3)14-7-9-18-10-8-14/h5-6,11-14,18H,7-10H2,1-4H3. The van der Waals surface area contributed by atoms with Crippen LogP contribution in [0.5, 0.6) is 5.75 Å². The monoisotopic (exact) mass is 261 g/mol. The third-order valence-electron chi connectivity index (χ3n) is 4.50. The Kier molecular flexibility index (Phi) is 4.87. The highest BCUT2D eigenvalue weighted by atomic mass is 16.5. The summed E-state index contributed by atoms with van der Waals surface area (Å²) >= 11 is 0. The molecular weight excluding hydrogens is 234 g/mol. The summed E-state index contributed by atoms with van der Waals surface area (Å²) in [6.45, 7) is 9.17. The molecule has 0 radical (unpaired) electrons. The smallest absolute Gasteiger partial charge is 0.122 e. The van der Waals surface area contributed by atoms with Gasteiger partial charge in [-0.2, -0.15) is 0 Å². The largest absolute Gasteiger partial charge is 0.496 e. The molecule has 2 rings (SSSR count). The van der Waals surface area contributed by atoms with Crippen molar-refractivity contribution in [2.24, 2.45) is 5.92 Å². The summed E-state index contributed by atoms with van der Waals surface area (Å²) in [6.07, 6.45) is 2.55. The molecule has 0 saturated carbocycles. The number of rotatable bonds is 4. The average molecular weight is 261 g/mol. The van der Waals surface area contributed by atoms with Crippen molar-refractivity contribution in [2.75, 3.05) is 20.2 Å². The fraction of sp³-hybridized carbons (Fsp3) is 0.647. The molecule has 106 valence electrons. The Morgan fingerprint density at radius 3 is 2.42 bits per heavy atom. The summed E-state index contributed by atoms with van der Waals surface area (Å²) < 4.78 is 5.58. The third-order valence-corrected chi connectivity index (χ3v) is 4.50. The van der Waals surface area contributed by atoms with Crippen molar-refractivity contribution in [1.82, 2.24) is 5.32 Å². The zero-order valence-corrected chi connectivity index (χ0v) is 12.7. The summed E-state index contributed by atoms with van der Waals surface area (Å²) in [4.78, 5) is 0. The van der Waals surface area contributed by atoms with Crippen LogP contribution in [-0.4, -0.2) is 20.2 Å². The SMILES string of the molecule is COc1ccc(C(C)C)cc1C(C)C1CCNCC1. The molecule has 0 aliphatic carbocycles. The van der Waals surface area contributed by atoms with Gasteiger partial charge in [-0.05, 0) is 60.9 Å². The quantitative estimate of drug-likeness (QED) is 0.887. The molecule has 1 saturated heterocycles. The lowest BCUT2D eigenvalue weighted by Crippen LogP contribution is -2.30. The van der Waals surface area contributed by atoms with E-state index < -0.39 is 0 Å². The van der Waals surface area contributed by atoms with Gasteiger partial charge < -0.3 is 10.1 Å². The minimum atomic E-state index is 0.574. The van der Waals surface area contributed by atoms with Crippen LogP contribution in [0.1, 0.15) is 56.6 Å². The van der Waals surface area contributed by atoms with E-state index in [1.54, 1.807) is 7.11 Å². The van der Waals surface area contributed by atoms with E-state index in [-0.39, 0.29) is 0 Å². The molecule has 1 atom stereocenters. The molecule has 1 aliphatic rings. The van der Waals surface area contributed by atoms with Gasteiger partial charge in [0.1, 0.15) is 5.75 Å². The molecule has 1 aromatic rings. The van der Waals surface area contributed by atoms with Crippen molar-refractivity contribution >= 4 is 0 Å². The van der Waals surface area contributed by atoms with E-state index in [0.29, 0.717) is 11.8 Å². The first-order valence-corrected chi connectivity index (χ1v) is 7.52. The van der Waals surface area contributed by atoms with Crippen molar-refractivity contribution in [1.29, 1.82) is 0 Å². The molecule has 1 aliphatic heterocycles. The second-order valence-corrected chi connectivity index (χ2v) is 6.03. The van der Waals surface area contributed by atoms with Crippen LogP contribution in [0.15, 0.2) is 18.2 Å². The molecule has 19 heavy (non-hydrogen) atoms. The molecule has 2 nitrogen and oxygen atoms in total. The van der Waals surface area contributed by atoms with Gasteiger partial charge in [0, 0.05) is 0 Å². The van der Waals surface area contributed by atoms with E-state index in [1.165, 1.54) is 24.0 Å². The summed E-state index contributed by atoms with van der Waals surface area (Å²) in [5.41, 5.74) is 2.80. The van der Waals surface area contributed by atoms with Gasteiger partial charge in [0.25, 0.3) is 0 Å². The van der Waals surface area contributed by atoms with Crippen molar-refractivity contribution in [3.05, 3.63) is 29.3 Å². The second kappa shape index (κ2) is 6.42. The van der Waals surface area contributed by atoms with Crippen molar-refractivity contribution in [3.8, 4) is 5.75 Å². The summed E-state index contributed by atoms with van der Waals surface area (Å²) in [6, 6.07) is 6.70. The number of methoxy groups -OCH3 is 1. The topological polar surface area (TPSA) is 21.3 Å². The molecule has 0 bridgehead atoms. The Labute approximate surface area is 117 Å². The number of benzene rings is 1. The van der Waals surface area contributed by atoms with E-state index in [1.807, 2.05) is 0 Å². The van der Waals surface area contributed by atoms with Gasteiger partial charge in [-0.15, -0.1) is 0 Å². The van der Waals surface area contributed by atoms with Crippen molar-refractivity contribution < 1.29 is 4.74 Å². The van der Waals surface area contributed by atoms with Crippen molar-refractivity contribution in [2.45, 2.75) is 45.4 Å². The zero-order chi connectivity index (χ0) is 13.8. The number of hydrogen-bond acceptors (Lipinski definition) is 2. The maximum absolute atomic E-state index is 5.58. The normalized spacial score (nSPS) is 18.6. The second-order valence-electron chi connectivity index (χ2n) is 6.03. The Morgan fingerprint density at radius 1 is 1.16 bits per heavy atom. The fourth-order valence-corrected chi connectivity index (χ4v) is 3.07. The predicted molar refractivity (Wildman–Crippen MR) is 81.1 cm³/mol. The van der Waals surface area contributed by atoms with E-state index in [0.717, 1.165) is 24.8 Å². The molecule has 1 heterocycles. The minimum Gasteiger partial charge on any atom is -0.496 e. The first-order valence-electron chi connectivity index (χ1n) is 7.52. The van der Waals surface area contributed by atoms with Crippen LogP contribution in [-0.2, 0) is 0 Å². The minimum absolute atomic E-state index is 0.574. The lowest BCUT2D eigenvalue weighted by molar-refractivity contribution is 0.321. The van der Waals surface area contributed by atoms with Gasteiger partial charge in [0.2, 0.25) is 0 Å². The van der Waals surface area contributed by atoms with Gasteiger partial charge in [-0.3, -0.25) is 0 Å². The number of piperidine rings is 1. The van der Waals surface area contributed by atoms with Crippen LogP contribution in [0, 0.1) is 5.92 Å². The molecule has 2 heteroatoms. The van der Waals surface area contributed by atoms with E-state index >= 15 is 0 Å². The first-order chi connectivity index (χ1) is 9.13. The van der Waals surface area contributed by atoms with Gasteiger partial charge in [0.15, 0.2) is 0 Å². The number of hydrogen-bond donors (Lipinski definition) is 1. The highest BCUT2D eigenvalue weighted by Gasteiger charge is 2.24. The highest BCUT2D eigenvalue weighted by molar-refractivity contribution is 5.41. The molecule has 1 unspecified atom stereocenters. The first kappa shape index (κ1) is 14.4. The van der Waals surface area contributed by atoms with Gasteiger partial charge >= 0.3 is 0 Å². The number of ether oxygens (including phenoxy) is 1. The molecule has 0 spiro atoms. The van der Waals surface area contributed by atoms with Crippen LogP contribution in [0.2, 0.25) is 0 Å². The van der Waals surface area contributed by atoms with Gasteiger partial charge in [0.05, 0.1) is 7.11 Å². The van der Waals surface area contributed by atoms with E-state index in [2.05, 4.69) is 44.3 Å². The molecular formula is C17H27NO. The molecule has 0 aromatic heterocycles. The van der Waals surface area contributed by atoms with Crippen LogP contribution in [0.4, 0.5) is 0 Å². The molecule has 0 amide bonds. The van der Waals surface area contributed by atoms with E-state index in [9.17, 15) is 0 Å². The molecule has 1 fully saturated rings. The lowest BCUT2D eigenvalue weighted by atomic mass is 9.80. The Morgan fingerprint density at radius 2 is 1.84 bits per heavy atom. The predicted octanol–water partition coefficient (Wildman–Crippen LogP) is 3.92. The van der Waals surface area contributed by atoms with Crippen LogP contribution < -0.4 is 10.1 Å². The zero-order valence-electron chi connectivity index (χ0n) is 12.7. The Hall–Kier alpha value is -1.02. The maximum atomic E-state index is 5.58. The fourth-order valence-electron chi connectivity index (χ4n) is 3.07. The highest BCUT2D eigenvalue weighted by Crippen LogP contribution is 2.37. The summed E-state index contributed by atoms with van der Waals surface area (Å²) in [7, 11) is 1.78. The van der Waals surface area contributed by atoms with Crippen LogP contribution >= 0.6 is 0 Å². The molecule has 1 aromatic carbocycles.